The number of halogens is 1. The fourth-order valence-electron chi connectivity index (χ4n) is 3.85. The van der Waals surface area contributed by atoms with Gasteiger partial charge in [0.05, 0.1) is 0 Å². The second kappa shape index (κ2) is 7.84. The van der Waals surface area contributed by atoms with E-state index >= 15 is 0 Å². The van der Waals surface area contributed by atoms with Gasteiger partial charge < -0.3 is 0 Å². The average molecular weight is 454 g/mol. The number of pyridine rings is 1. The van der Waals surface area contributed by atoms with Crippen molar-refractivity contribution >= 4 is 17.4 Å². The molecule has 1 aromatic carbocycles. The van der Waals surface area contributed by atoms with Crippen molar-refractivity contribution in [3.63, 3.8) is 0 Å². The number of rotatable bonds is 5. The molecule has 0 spiro atoms. The van der Waals surface area contributed by atoms with Crippen molar-refractivity contribution in [2.45, 2.75) is 12.8 Å². The first-order chi connectivity index (χ1) is 16.6. The molecule has 1 amide bonds. The molecule has 0 aliphatic heterocycles. The van der Waals surface area contributed by atoms with Gasteiger partial charge in [0.1, 0.15) is 23.7 Å². The molecule has 34 heavy (non-hydrogen) atoms. The Bertz CT molecular complexity index is 1520. The minimum atomic E-state index is -0.323. The van der Waals surface area contributed by atoms with Gasteiger partial charge in [-0.1, -0.05) is 0 Å². The van der Waals surface area contributed by atoms with Gasteiger partial charge >= 0.3 is 0 Å². The van der Waals surface area contributed by atoms with E-state index in [9.17, 15) is 9.18 Å². The molecule has 4 heterocycles. The van der Waals surface area contributed by atoms with Gasteiger partial charge in [-0.25, -0.2) is 14.1 Å². The van der Waals surface area contributed by atoms with Crippen LogP contribution in [0.1, 0.15) is 12.8 Å². The molecule has 1 aliphatic rings. The molecule has 0 unspecified atom stereocenters. The monoisotopic (exact) mass is 454 g/mol. The normalized spacial score (nSPS) is 13.4. The van der Waals surface area contributed by atoms with Gasteiger partial charge in [-0.05, 0) is 66.9 Å². The molecule has 0 radical (unpaired) electrons. The zero-order valence-corrected chi connectivity index (χ0v) is 18.2. The van der Waals surface area contributed by atoms with Crippen molar-refractivity contribution in [1.29, 1.82) is 0 Å². The Balaban J connectivity index is 1.47. The number of hydrogen-bond acceptors (Lipinski definition) is 6. The molecule has 0 N–H and O–H groups in total. The van der Waals surface area contributed by atoms with Crippen LogP contribution in [0.5, 0.6) is 0 Å². The molecule has 4 aromatic heterocycles. The number of carbonyl (C=O) groups is 1. The maximum absolute atomic E-state index is 13.6. The second-order valence-corrected chi connectivity index (χ2v) is 8.24. The number of aromatic nitrogens is 7. The highest BCUT2D eigenvalue weighted by Crippen LogP contribution is 2.35. The fourth-order valence-corrected chi connectivity index (χ4v) is 3.85. The number of fused-ring (bicyclic) bond motifs is 1. The molecular weight excluding hydrogens is 435 g/mol. The first kappa shape index (κ1) is 20.2. The lowest BCUT2D eigenvalue weighted by Gasteiger charge is -2.16. The summed E-state index contributed by atoms with van der Waals surface area (Å²) < 4.78 is 16.8. The lowest BCUT2D eigenvalue weighted by Crippen LogP contribution is -2.28. The van der Waals surface area contributed by atoms with E-state index in [1.165, 1.54) is 18.5 Å². The Morgan fingerprint density at radius 3 is 2.68 bits per heavy atom. The summed E-state index contributed by atoms with van der Waals surface area (Å²) in [6.45, 7) is 0. The summed E-state index contributed by atoms with van der Waals surface area (Å²) in [6.07, 6.45) is 6.90. The van der Waals surface area contributed by atoms with Crippen molar-refractivity contribution in [2.24, 2.45) is 5.92 Å². The van der Waals surface area contributed by atoms with Crippen LogP contribution in [0.3, 0.4) is 0 Å². The van der Waals surface area contributed by atoms with Crippen LogP contribution in [0, 0.1) is 11.7 Å². The summed E-state index contributed by atoms with van der Waals surface area (Å²) in [5, 5.41) is 17.1. The van der Waals surface area contributed by atoms with Gasteiger partial charge in [-0.3, -0.25) is 9.69 Å². The van der Waals surface area contributed by atoms with Crippen LogP contribution < -0.4 is 4.90 Å². The molecule has 1 saturated carbocycles. The van der Waals surface area contributed by atoms with E-state index in [2.05, 4.69) is 20.3 Å². The largest absolute Gasteiger partial charge is 0.300 e. The SMILES string of the molecule is CN(C(=O)C1CC1)c1cc(-c2cn(-c3ccc4nncn4n3)nc2-c2ccc(F)cc2)ccn1. The van der Waals surface area contributed by atoms with Crippen LogP contribution in [-0.4, -0.2) is 47.5 Å². The number of amides is 1. The van der Waals surface area contributed by atoms with Crippen LogP contribution in [0.25, 0.3) is 33.8 Å². The van der Waals surface area contributed by atoms with E-state index in [1.54, 1.807) is 51.6 Å². The van der Waals surface area contributed by atoms with Crippen molar-refractivity contribution in [3.8, 4) is 28.2 Å². The van der Waals surface area contributed by atoms with Gasteiger partial charge in [0.15, 0.2) is 11.5 Å². The first-order valence-electron chi connectivity index (χ1n) is 10.8. The van der Waals surface area contributed by atoms with Crippen LogP contribution in [-0.2, 0) is 4.79 Å². The Morgan fingerprint density at radius 1 is 1.06 bits per heavy atom. The van der Waals surface area contributed by atoms with E-state index < -0.39 is 0 Å². The zero-order valence-electron chi connectivity index (χ0n) is 18.2. The van der Waals surface area contributed by atoms with Gasteiger partial charge in [-0.2, -0.15) is 9.61 Å². The van der Waals surface area contributed by atoms with Crippen LogP contribution >= 0.6 is 0 Å². The fraction of sp³-hybridized carbons (Fsp3) is 0.167. The van der Waals surface area contributed by atoms with Gasteiger partial charge in [-0.15, -0.1) is 15.3 Å². The Morgan fingerprint density at radius 2 is 1.88 bits per heavy atom. The summed E-state index contributed by atoms with van der Waals surface area (Å²) in [5.74, 6) is 0.974. The smallest absolute Gasteiger partial charge is 0.230 e. The van der Waals surface area contributed by atoms with Crippen molar-refractivity contribution in [3.05, 3.63) is 73.1 Å². The number of anilines is 1. The molecule has 168 valence electrons. The zero-order chi connectivity index (χ0) is 23.2. The van der Waals surface area contributed by atoms with E-state index in [4.69, 9.17) is 5.10 Å². The van der Waals surface area contributed by atoms with Crippen LogP contribution in [0.2, 0.25) is 0 Å². The standard InChI is InChI=1S/C24H19FN8O/c1-31(24(34)16-2-3-16)22-12-17(10-11-26-22)19-13-32(21-9-8-20-28-27-14-33(20)29-21)30-23(19)15-4-6-18(25)7-5-15/h4-14,16H,2-3H2,1H3. The Kier molecular flexibility index (Phi) is 4.65. The van der Waals surface area contributed by atoms with Crippen molar-refractivity contribution in [2.75, 3.05) is 11.9 Å². The third kappa shape index (κ3) is 3.58. The molecule has 1 fully saturated rings. The molecular formula is C24H19FN8O. The van der Waals surface area contributed by atoms with E-state index in [0.29, 0.717) is 23.0 Å². The number of benzene rings is 1. The molecule has 1 aliphatic carbocycles. The highest BCUT2D eigenvalue weighted by Gasteiger charge is 2.33. The van der Waals surface area contributed by atoms with Crippen molar-refractivity contribution in [1.82, 2.24) is 34.6 Å². The maximum Gasteiger partial charge on any atom is 0.230 e. The van der Waals surface area contributed by atoms with Crippen LogP contribution in [0.4, 0.5) is 10.2 Å². The first-order valence-corrected chi connectivity index (χ1v) is 10.8. The highest BCUT2D eigenvalue weighted by molar-refractivity contribution is 5.95. The highest BCUT2D eigenvalue weighted by atomic mass is 19.1. The predicted octanol–water partition coefficient (Wildman–Crippen LogP) is 3.55. The molecule has 9 nitrogen and oxygen atoms in total. The third-order valence-electron chi connectivity index (χ3n) is 5.87. The maximum atomic E-state index is 13.6. The van der Waals surface area contributed by atoms with E-state index in [-0.39, 0.29) is 17.6 Å². The minimum absolute atomic E-state index is 0.0746. The third-order valence-corrected chi connectivity index (χ3v) is 5.87. The van der Waals surface area contributed by atoms with Gasteiger partial charge in [0.2, 0.25) is 5.91 Å². The molecule has 0 saturated heterocycles. The molecule has 0 bridgehead atoms. The Labute approximate surface area is 193 Å². The average Bonchev–Trinajstić information content (AvgIpc) is 3.44. The number of carbonyl (C=O) groups excluding carboxylic acids is 1. The topological polar surface area (TPSA) is 94.1 Å². The molecule has 6 rings (SSSR count). The van der Waals surface area contributed by atoms with Gasteiger partial charge in [0, 0.05) is 36.5 Å². The Hall–Kier alpha value is -4.47. The van der Waals surface area contributed by atoms with Crippen molar-refractivity contribution < 1.29 is 9.18 Å². The van der Waals surface area contributed by atoms with E-state index in [1.807, 2.05) is 18.3 Å². The summed E-state index contributed by atoms with van der Waals surface area (Å²) in [4.78, 5) is 18.6. The summed E-state index contributed by atoms with van der Waals surface area (Å²) in [7, 11) is 1.75. The molecule has 0 atom stereocenters. The van der Waals surface area contributed by atoms with E-state index in [0.717, 1.165) is 29.5 Å². The van der Waals surface area contributed by atoms with Gasteiger partial charge in [0.25, 0.3) is 0 Å². The lowest BCUT2D eigenvalue weighted by atomic mass is 10.0. The molecule has 5 aromatic rings. The van der Waals surface area contributed by atoms with Crippen LogP contribution in [0.15, 0.2) is 67.3 Å². The quantitative estimate of drug-likeness (QED) is 0.403. The number of hydrogen-bond donors (Lipinski definition) is 0. The summed E-state index contributed by atoms with van der Waals surface area (Å²) in [6, 6.07) is 13.5. The minimum Gasteiger partial charge on any atom is -0.300 e. The summed E-state index contributed by atoms with van der Waals surface area (Å²) >= 11 is 0. The second-order valence-electron chi connectivity index (χ2n) is 8.24. The summed E-state index contributed by atoms with van der Waals surface area (Å²) in [5.41, 5.74) is 3.65. The molecule has 10 heteroatoms. The predicted molar refractivity (Wildman–Crippen MR) is 123 cm³/mol. The number of nitrogens with zero attached hydrogens (tertiary/aromatic N) is 8. The lowest BCUT2D eigenvalue weighted by molar-refractivity contribution is -0.119.